The first-order chi connectivity index (χ1) is 9.18. The molecule has 0 atom stereocenters. The molecule has 0 aromatic carbocycles. The molecule has 1 amide bonds. The van der Waals surface area contributed by atoms with Crippen LogP contribution >= 0.6 is 0 Å². The quantitative estimate of drug-likeness (QED) is 0.669. The first kappa shape index (κ1) is 19.4. The monoisotopic (exact) mass is 285 g/mol. The van der Waals surface area contributed by atoms with Crippen molar-refractivity contribution in [2.45, 2.75) is 47.0 Å². The second-order valence-electron chi connectivity index (χ2n) is 7.24. The Kier molecular flexibility index (Phi) is 9.06. The highest BCUT2D eigenvalue weighted by Gasteiger charge is 2.21. The predicted octanol–water partition coefficient (Wildman–Crippen LogP) is 2.19. The molecule has 0 saturated heterocycles. The van der Waals surface area contributed by atoms with Gasteiger partial charge in [0.05, 0.1) is 0 Å². The molecule has 0 rings (SSSR count). The molecule has 0 aliphatic carbocycles. The average molecular weight is 285 g/mol. The van der Waals surface area contributed by atoms with Crippen LogP contribution in [-0.4, -0.2) is 56.0 Å². The van der Waals surface area contributed by atoms with Crippen molar-refractivity contribution in [1.29, 1.82) is 0 Å². The van der Waals surface area contributed by atoms with Gasteiger partial charge in [0.15, 0.2) is 0 Å². The summed E-state index contributed by atoms with van der Waals surface area (Å²) in [5.41, 5.74) is 5.79. The number of carbonyl (C=O) groups is 1. The number of amides is 1. The maximum atomic E-state index is 12.4. The van der Waals surface area contributed by atoms with E-state index >= 15 is 0 Å². The number of nitrogens with zero attached hydrogens (tertiary/aromatic N) is 2. The lowest BCUT2D eigenvalue weighted by Gasteiger charge is -2.29. The third-order valence-electron chi connectivity index (χ3n) is 3.59. The van der Waals surface area contributed by atoms with Crippen LogP contribution in [0.3, 0.4) is 0 Å². The van der Waals surface area contributed by atoms with Crippen molar-refractivity contribution in [2.24, 2.45) is 17.1 Å². The van der Waals surface area contributed by atoms with E-state index in [4.69, 9.17) is 5.73 Å². The Hall–Kier alpha value is -0.610. The normalized spacial score (nSPS) is 12.2. The van der Waals surface area contributed by atoms with Gasteiger partial charge in [-0.3, -0.25) is 4.79 Å². The van der Waals surface area contributed by atoms with Gasteiger partial charge in [-0.1, -0.05) is 27.7 Å². The van der Waals surface area contributed by atoms with Crippen molar-refractivity contribution >= 4 is 5.91 Å². The van der Waals surface area contributed by atoms with E-state index in [1.54, 1.807) is 0 Å². The lowest BCUT2D eigenvalue weighted by atomic mass is 9.84. The molecular weight excluding hydrogens is 250 g/mol. The lowest BCUT2D eigenvalue weighted by molar-refractivity contribution is -0.132. The highest BCUT2D eigenvalue weighted by molar-refractivity contribution is 5.76. The second-order valence-corrected chi connectivity index (χ2v) is 7.24. The van der Waals surface area contributed by atoms with Crippen LogP contribution in [0, 0.1) is 11.3 Å². The first-order valence-corrected chi connectivity index (χ1v) is 7.80. The number of hydrogen-bond donors (Lipinski definition) is 1. The minimum atomic E-state index is 0.162. The molecule has 0 aliphatic rings. The molecule has 0 aliphatic heterocycles. The van der Waals surface area contributed by atoms with Gasteiger partial charge in [-0.2, -0.15) is 0 Å². The van der Waals surface area contributed by atoms with Crippen molar-refractivity contribution in [1.82, 2.24) is 9.80 Å². The van der Waals surface area contributed by atoms with Crippen LogP contribution in [-0.2, 0) is 4.79 Å². The fraction of sp³-hybridized carbons (Fsp3) is 0.938. The smallest absolute Gasteiger partial charge is 0.222 e. The van der Waals surface area contributed by atoms with Gasteiger partial charge in [-0.25, -0.2) is 0 Å². The van der Waals surface area contributed by atoms with Gasteiger partial charge in [0.2, 0.25) is 5.91 Å². The van der Waals surface area contributed by atoms with Gasteiger partial charge in [-0.05, 0) is 44.8 Å². The fourth-order valence-corrected chi connectivity index (χ4v) is 2.20. The molecule has 0 heterocycles. The van der Waals surface area contributed by atoms with Gasteiger partial charge in [0.25, 0.3) is 0 Å². The standard InChI is InChI=1S/C16H35N3O/c1-14(2)13-19(12-11-18(5)6)15(20)7-8-16(3,4)9-10-17/h14H,7-13,17H2,1-6H3. The highest BCUT2D eigenvalue weighted by Crippen LogP contribution is 2.26. The summed E-state index contributed by atoms with van der Waals surface area (Å²) in [5, 5.41) is 0. The molecule has 2 N–H and O–H groups in total. The molecule has 0 bridgehead atoms. The second kappa shape index (κ2) is 9.35. The summed E-state index contributed by atoms with van der Waals surface area (Å²) in [7, 11) is 4.09. The third kappa shape index (κ3) is 9.32. The average Bonchev–Trinajstić information content (AvgIpc) is 2.31. The van der Waals surface area contributed by atoms with E-state index in [1.807, 2.05) is 19.0 Å². The number of hydrogen-bond acceptors (Lipinski definition) is 3. The molecule has 0 saturated carbocycles. The molecule has 0 radical (unpaired) electrons. The van der Waals surface area contributed by atoms with Crippen molar-refractivity contribution in [3.8, 4) is 0 Å². The minimum absolute atomic E-state index is 0.162. The van der Waals surface area contributed by atoms with Gasteiger partial charge >= 0.3 is 0 Å². The van der Waals surface area contributed by atoms with E-state index in [2.05, 4.69) is 32.6 Å². The molecular formula is C16H35N3O. The fourth-order valence-electron chi connectivity index (χ4n) is 2.20. The number of rotatable bonds is 10. The SMILES string of the molecule is CC(C)CN(CCN(C)C)C(=O)CCC(C)(C)CCN. The van der Waals surface area contributed by atoms with Crippen molar-refractivity contribution in [2.75, 3.05) is 40.3 Å². The summed E-state index contributed by atoms with van der Waals surface area (Å²) in [4.78, 5) is 16.6. The van der Waals surface area contributed by atoms with E-state index < -0.39 is 0 Å². The van der Waals surface area contributed by atoms with Gasteiger partial charge in [0.1, 0.15) is 0 Å². The Labute approximate surface area is 125 Å². The summed E-state index contributed by atoms with van der Waals surface area (Å²) in [6.07, 6.45) is 2.52. The van der Waals surface area contributed by atoms with Crippen molar-refractivity contribution < 1.29 is 4.79 Å². The van der Waals surface area contributed by atoms with Crippen LogP contribution in [0.15, 0.2) is 0 Å². The Bertz CT molecular complexity index is 275. The van der Waals surface area contributed by atoms with Crippen molar-refractivity contribution in [3.05, 3.63) is 0 Å². The summed E-state index contributed by atoms with van der Waals surface area (Å²) in [5.74, 6) is 0.795. The Balaban J connectivity index is 4.39. The summed E-state index contributed by atoms with van der Waals surface area (Å²) < 4.78 is 0. The molecule has 0 aromatic heterocycles. The van der Waals surface area contributed by atoms with Crippen LogP contribution in [0.2, 0.25) is 0 Å². The number of carbonyl (C=O) groups excluding carboxylic acids is 1. The van der Waals surface area contributed by atoms with E-state index in [9.17, 15) is 4.79 Å². The van der Waals surface area contributed by atoms with Crippen LogP contribution < -0.4 is 5.73 Å². The zero-order valence-electron chi connectivity index (χ0n) is 14.4. The van der Waals surface area contributed by atoms with Gasteiger partial charge in [-0.15, -0.1) is 0 Å². The van der Waals surface area contributed by atoms with Crippen LogP contribution in [0.4, 0.5) is 0 Å². The van der Waals surface area contributed by atoms with E-state index in [0.717, 1.165) is 32.5 Å². The lowest BCUT2D eigenvalue weighted by Crippen LogP contribution is -2.39. The van der Waals surface area contributed by atoms with Crippen LogP contribution in [0.25, 0.3) is 0 Å². The molecule has 120 valence electrons. The van der Waals surface area contributed by atoms with E-state index in [0.29, 0.717) is 18.9 Å². The van der Waals surface area contributed by atoms with Crippen LogP contribution in [0.5, 0.6) is 0 Å². The van der Waals surface area contributed by atoms with Gasteiger partial charge < -0.3 is 15.5 Å². The topological polar surface area (TPSA) is 49.6 Å². The first-order valence-electron chi connectivity index (χ1n) is 7.80. The Morgan fingerprint density at radius 1 is 1.15 bits per heavy atom. The molecule has 0 aromatic rings. The Morgan fingerprint density at radius 2 is 1.75 bits per heavy atom. The molecule has 0 fully saturated rings. The van der Waals surface area contributed by atoms with Crippen LogP contribution in [0.1, 0.15) is 47.0 Å². The molecule has 20 heavy (non-hydrogen) atoms. The third-order valence-corrected chi connectivity index (χ3v) is 3.59. The predicted molar refractivity (Wildman–Crippen MR) is 86.7 cm³/mol. The molecule has 0 spiro atoms. The van der Waals surface area contributed by atoms with Crippen molar-refractivity contribution in [3.63, 3.8) is 0 Å². The summed E-state index contributed by atoms with van der Waals surface area (Å²) in [6.45, 7) is 12.0. The molecule has 4 heteroatoms. The zero-order valence-corrected chi connectivity index (χ0v) is 14.4. The Morgan fingerprint density at radius 3 is 2.20 bits per heavy atom. The van der Waals surface area contributed by atoms with E-state index in [-0.39, 0.29) is 11.3 Å². The molecule has 0 unspecified atom stereocenters. The van der Waals surface area contributed by atoms with Gasteiger partial charge in [0, 0.05) is 26.1 Å². The minimum Gasteiger partial charge on any atom is -0.341 e. The number of likely N-dealkylation sites (N-methyl/N-ethyl adjacent to an activating group) is 1. The maximum absolute atomic E-state index is 12.4. The van der Waals surface area contributed by atoms with E-state index in [1.165, 1.54) is 0 Å². The molecule has 4 nitrogen and oxygen atoms in total. The largest absolute Gasteiger partial charge is 0.341 e. The summed E-state index contributed by atoms with van der Waals surface area (Å²) >= 11 is 0. The maximum Gasteiger partial charge on any atom is 0.222 e. The highest BCUT2D eigenvalue weighted by atomic mass is 16.2. The summed E-state index contributed by atoms with van der Waals surface area (Å²) in [6, 6.07) is 0. The number of nitrogens with two attached hydrogens (primary N) is 1. The zero-order chi connectivity index (χ0) is 15.8.